The molecule has 0 amide bonds. The van der Waals surface area contributed by atoms with Crippen LogP contribution in [0.3, 0.4) is 0 Å². The molecule has 3 unspecified atom stereocenters. The van der Waals surface area contributed by atoms with Crippen molar-refractivity contribution < 1.29 is 31.1 Å². The van der Waals surface area contributed by atoms with Crippen molar-refractivity contribution in [3.05, 3.63) is 24.3 Å². The number of esters is 1. The van der Waals surface area contributed by atoms with Crippen molar-refractivity contribution in [2.45, 2.75) is 56.0 Å². The molecule has 3 atom stereocenters. The Balaban J connectivity index is 1.78. The third kappa shape index (κ3) is 4.81. The maximum Gasteiger partial charge on any atom is 0.324 e. The Morgan fingerprint density at radius 3 is 2.40 bits per heavy atom. The summed E-state index contributed by atoms with van der Waals surface area (Å²) in [6.07, 6.45) is 4.13. The van der Waals surface area contributed by atoms with Gasteiger partial charge in [-0.15, -0.1) is 0 Å². The standard InChI is InChI=1S/C20H29NO7S2/c1-3-29(23,24)13-12-28-16-8-10-17(11-9-16)30(25,26)21-18-7-5-4-6-15(18)14-19(21)20(22)27-2/h8-11,15,18-19H,3-7,12-14H2,1-2H3. The molecule has 168 valence electrons. The summed E-state index contributed by atoms with van der Waals surface area (Å²) < 4.78 is 61.6. The summed E-state index contributed by atoms with van der Waals surface area (Å²) in [4.78, 5) is 12.4. The van der Waals surface area contributed by atoms with Gasteiger partial charge >= 0.3 is 5.97 Å². The molecule has 1 aliphatic heterocycles. The van der Waals surface area contributed by atoms with Crippen molar-refractivity contribution >= 4 is 25.8 Å². The number of ether oxygens (including phenoxy) is 2. The van der Waals surface area contributed by atoms with Crippen molar-refractivity contribution in [2.75, 3.05) is 25.2 Å². The summed E-state index contributed by atoms with van der Waals surface area (Å²) in [5.41, 5.74) is 0. The van der Waals surface area contributed by atoms with Crippen molar-refractivity contribution in [3.8, 4) is 5.75 Å². The summed E-state index contributed by atoms with van der Waals surface area (Å²) in [6, 6.07) is 4.89. The number of carbonyl (C=O) groups excluding carboxylic acids is 1. The molecule has 10 heteroatoms. The highest BCUT2D eigenvalue weighted by atomic mass is 32.2. The number of sulfonamides is 1. The van der Waals surface area contributed by atoms with Gasteiger partial charge in [-0.25, -0.2) is 16.8 Å². The molecule has 1 saturated carbocycles. The van der Waals surface area contributed by atoms with E-state index in [1.54, 1.807) is 6.92 Å². The largest absolute Gasteiger partial charge is 0.493 e. The number of hydrogen-bond acceptors (Lipinski definition) is 7. The van der Waals surface area contributed by atoms with Gasteiger partial charge in [0.15, 0.2) is 9.84 Å². The van der Waals surface area contributed by atoms with E-state index in [-0.39, 0.29) is 35.0 Å². The van der Waals surface area contributed by atoms with Gasteiger partial charge in [0.05, 0.1) is 17.8 Å². The number of nitrogens with zero attached hydrogens (tertiary/aromatic N) is 1. The fraction of sp³-hybridized carbons (Fsp3) is 0.650. The predicted molar refractivity (Wildman–Crippen MR) is 111 cm³/mol. The Morgan fingerprint density at radius 1 is 1.10 bits per heavy atom. The maximum absolute atomic E-state index is 13.4. The first-order valence-electron chi connectivity index (χ1n) is 10.2. The van der Waals surface area contributed by atoms with Gasteiger partial charge in [-0.3, -0.25) is 4.79 Å². The number of carbonyl (C=O) groups is 1. The minimum Gasteiger partial charge on any atom is -0.493 e. The summed E-state index contributed by atoms with van der Waals surface area (Å²) in [6.45, 7) is 1.58. The lowest BCUT2D eigenvalue weighted by molar-refractivity contribution is -0.144. The minimum atomic E-state index is -3.90. The van der Waals surface area contributed by atoms with E-state index in [1.807, 2.05) is 0 Å². The van der Waals surface area contributed by atoms with Crippen LogP contribution in [0.25, 0.3) is 0 Å². The topological polar surface area (TPSA) is 107 Å². The van der Waals surface area contributed by atoms with Crippen LogP contribution in [0, 0.1) is 5.92 Å². The van der Waals surface area contributed by atoms with Crippen LogP contribution in [0.1, 0.15) is 39.0 Å². The quantitative estimate of drug-likeness (QED) is 0.547. The van der Waals surface area contributed by atoms with E-state index in [9.17, 15) is 21.6 Å². The number of sulfone groups is 1. The van der Waals surface area contributed by atoms with Gasteiger partial charge in [-0.05, 0) is 49.4 Å². The highest BCUT2D eigenvalue weighted by Crippen LogP contribution is 2.43. The highest BCUT2D eigenvalue weighted by Gasteiger charge is 2.51. The molecule has 2 fully saturated rings. The molecule has 3 rings (SSSR count). The van der Waals surface area contributed by atoms with Gasteiger partial charge in [0.1, 0.15) is 18.4 Å². The Kier molecular flexibility index (Phi) is 7.09. The second kappa shape index (κ2) is 9.23. The van der Waals surface area contributed by atoms with Crippen molar-refractivity contribution in [2.24, 2.45) is 5.92 Å². The molecule has 0 spiro atoms. The average Bonchev–Trinajstić information content (AvgIpc) is 3.14. The molecule has 1 aromatic rings. The Bertz CT molecular complexity index is 957. The normalized spacial score (nSPS) is 24.9. The molecule has 2 aliphatic rings. The summed E-state index contributed by atoms with van der Waals surface area (Å²) in [5, 5.41) is 0. The highest BCUT2D eigenvalue weighted by molar-refractivity contribution is 7.91. The SMILES string of the molecule is CCS(=O)(=O)CCOc1ccc(S(=O)(=O)N2C(C(=O)OC)CC3CCCCC32)cc1. The summed E-state index contributed by atoms with van der Waals surface area (Å²) in [5.74, 6) is -0.0128. The third-order valence-electron chi connectivity index (χ3n) is 6.00. The second-order valence-corrected chi connectivity index (χ2v) is 12.1. The third-order valence-corrected chi connectivity index (χ3v) is 9.62. The van der Waals surface area contributed by atoms with Gasteiger partial charge in [0, 0.05) is 11.8 Å². The van der Waals surface area contributed by atoms with E-state index in [2.05, 4.69) is 0 Å². The first-order valence-corrected chi connectivity index (χ1v) is 13.5. The van der Waals surface area contributed by atoms with E-state index >= 15 is 0 Å². The molecule has 0 aromatic heterocycles. The molecule has 0 N–H and O–H groups in total. The molecule has 1 saturated heterocycles. The predicted octanol–water partition coefficient (Wildman–Crippen LogP) is 1.99. The maximum atomic E-state index is 13.4. The van der Waals surface area contributed by atoms with E-state index in [0.717, 1.165) is 25.7 Å². The molecule has 8 nitrogen and oxygen atoms in total. The van der Waals surface area contributed by atoms with Crippen LogP contribution in [0.15, 0.2) is 29.2 Å². The second-order valence-electron chi connectivity index (χ2n) is 7.78. The molecule has 0 bridgehead atoms. The lowest BCUT2D eigenvalue weighted by Gasteiger charge is -2.32. The number of methoxy groups -OCH3 is 1. The van der Waals surface area contributed by atoms with Crippen LogP contribution < -0.4 is 4.74 Å². The van der Waals surface area contributed by atoms with E-state index in [4.69, 9.17) is 9.47 Å². The fourth-order valence-electron chi connectivity index (χ4n) is 4.36. The molecule has 0 radical (unpaired) electrons. The van der Waals surface area contributed by atoms with E-state index < -0.39 is 31.9 Å². The zero-order valence-electron chi connectivity index (χ0n) is 17.3. The lowest BCUT2D eigenvalue weighted by atomic mass is 9.85. The van der Waals surface area contributed by atoms with Gasteiger partial charge < -0.3 is 9.47 Å². The monoisotopic (exact) mass is 459 g/mol. The number of fused-ring (bicyclic) bond motifs is 1. The average molecular weight is 460 g/mol. The zero-order valence-corrected chi connectivity index (χ0v) is 19.0. The number of hydrogen-bond donors (Lipinski definition) is 0. The molecular weight excluding hydrogens is 430 g/mol. The lowest BCUT2D eigenvalue weighted by Crippen LogP contribution is -2.46. The Hall–Kier alpha value is -1.65. The van der Waals surface area contributed by atoms with E-state index in [0.29, 0.717) is 12.2 Å². The molecule has 30 heavy (non-hydrogen) atoms. The van der Waals surface area contributed by atoms with Crippen LogP contribution >= 0.6 is 0 Å². The summed E-state index contributed by atoms with van der Waals surface area (Å²) >= 11 is 0. The van der Waals surface area contributed by atoms with Crippen LogP contribution in [-0.2, 0) is 29.4 Å². The van der Waals surface area contributed by atoms with Crippen LogP contribution in [0.4, 0.5) is 0 Å². The van der Waals surface area contributed by atoms with Crippen LogP contribution in [0.2, 0.25) is 0 Å². The number of benzene rings is 1. The summed E-state index contributed by atoms with van der Waals surface area (Å²) in [7, 11) is -5.75. The Morgan fingerprint density at radius 2 is 1.77 bits per heavy atom. The fourth-order valence-corrected chi connectivity index (χ4v) is 6.85. The zero-order chi connectivity index (χ0) is 21.9. The minimum absolute atomic E-state index is 0.00254. The Labute approximate surface area is 178 Å². The van der Waals surface area contributed by atoms with Gasteiger partial charge in [0.2, 0.25) is 10.0 Å². The first-order chi connectivity index (χ1) is 14.2. The van der Waals surface area contributed by atoms with Gasteiger partial charge in [-0.1, -0.05) is 19.8 Å². The molecule has 1 heterocycles. The van der Waals surface area contributed by atoms with Crippen LogP contribution in [0.5, 0.6) is 5.75 Å². The smallest absolute Gasteiger partial charge is 0.324 e. The van der Waals surface area contributed by atoms with Crippen molar-refractivity contribution in [1.82, 2.24) is 4.31 Å². The number of rotatable bonds is 8. The van der Waals surface area contributed by atoms with E-state index in [1.165, 1.54) is 35.7 Å². The molecule has 1 aliphatic carbocycles. The molecular formula is C20H29NO7S2. The van der Waals surface area contributed by atoms with Crippen molar-refractivity contribution in [1.29, 1.82) is 0 Å². The molecule has 1 aromatic carbocycles. The van der Waals surface area contributed by atoms with Gasteiger partial charge in [-0.2, -0.15) is 4.31 Å². The first kappa shape index (κ1) is 23.0. The van der Waals surface area contributed by atoms with Gasteiger partial charge in [0.25, 0.3) is 0 Å². The van der Waals surface area contributed by atoms with Crippen molar-refractivity contribution in [3.63, 3.8) is 0 Å². The van der Waals surface area contributed by atoms with Crippen LogP contribution in [-0.4, -0.2) is 64.4 Å².